The Labute approximate surface area is 182 Å². The van der Waals surface area contributed by atoms with Gasteiger partial charge in [0.15, 0.2) is 0 Å². The molecule has 1 aliphatic heterocycles. The van der Waals surface area contributed by atoms with Gasteiger partial charge in [-0.05, 0) is 43.3 Å². The number of allylic oxidation sites excluding steroid dienone is 1. The zero-order valence-corrected chi connectivity index (χ0v) is 17.4. The number of halogens is 1. The lowest BCUT2D eigenvalue weighted by atomic mass is 10.1. The van der Waals surface area contributed by atoms with Crippen LogP contribution in [0.1, 0.15) is 17.3 Å². The van der Waals surface area contributed by atoms with Gasteiger partial charge in [-0.2, -0.15) is 0 Å². The van der Waals surface area contributed by atoms with Crippen molar-refractivity contribution in [3.63, 3.8) is 0 Å². The van der Waals surface area contributed by atoms with E-state index in [4.69, 9.17) is 4.74 Å². The predicted molar refractivity (Wildman–Crippen MR) is 116 cm³/mol. The number of hydrogen-bond donors (Lipinski definition) is 1. The number of carbonyl (C=O) groups is 2. The second-order valence-electron chi connectivity index (χ2n) is 7.26. The molecule has 164 valence electrons. The fourth-order valence-corrected chi connectivity index (χ4v) is 3.56. The van der Waals surface area contributed by atoms with Crippen molar-refractivity contribution in [2.75, 3.05) is 26.2 Å². The first-order chi connectivity index (χ1) is 15.5. The number of rotatable bonds is 4. The monoisotopic (exact) mass is 436 g/mol. The molecule has 0 aliphatic carbocycles. The molecule has 1 N–H and O–H groups in total. The van der Waals surface area contributed by atoms with Gasteiger partial charge in [0, 0.05) is 26.2 Å². The summed E-state index contributed by atoms with van der Waals surface area (Å²) in [4.78, 5) is 40.0. The normalized spacial score (nSPS) is 14.2. The van der Waals surface area contributed by atoms with Crippen LogP contribution in [0.3, 0.4) is 0 Å². The molecule has 0 bridgehead atoms. The standard InChI is InChI=1S/C23H21FN4O4/c1-2-5-20(29)27-10-12-28(13-11-27)23(31)18-14-15(8-9-19(18)24)32-22-17-7-4-3-6-16(17)21(30)25-26-22/h2-9,14H,10-13H2,1H3,(H,25,30). The van der Waals surface area contributed by atoms with E-state index >= 15 is 0 Å². The van der Waals surface area contributed by atoms with Crippen LogP contribution in [0.15, 0.2) is 59.4 Å². The summed E-state index contributed by atoms with van der Waals surface area (Å²) in [5.41, 5.74) is -0.487. The van der Waals surface area contributed by atoms with Crippen molar-refractivity contribution >= 4 is 22.6 Å². The highest BCUT2D eigenvalue weighted by molar-refractivity contribution is 5.95. The Balaban J connectivity index is 1.54. The van der Waals surface area contributed by atoms with Crippen molar-refractivity contribution in [1.82, 2.24) is 20.0 Å². The Bertz CT molecular complexity index is 1260. The Kier molecular flexibility index (Phi) is 5.98. The molecule has 2 aromatic carbocycles. The van der Waals surface area contributed by atoms with Crippen molar-refractivity contribution in [2.45, 2.75) is 6.92 Å². The topological polar surface area (TPSA) is 95.6 Å². The summed E-state index contributed by atoms with van der Waals surface area (Å²) >= 11 is 0. The van der Waals surface area contributed by atoms with Crippen LogP contribution in [0.25, 0.3) is 10.8 Å². The first-order valence-electron chi connectivity index (χ1n) is 10.1. The van der Waals surface area contributed by atoms with Gasteiger partial charge >= 0.3 is 0 Å². The van der Waals surface area contributed by atoms with Crippen LogP contribution in [0.2, 0.25) is 0 Å². The van der Waals surface area contributed by atoms with Gasteiger partial charge in [0.1, 0.15) is 11.6 Å². The number of aromatic nitrogens is 2. The zero-order valence-electron chi connectivity index (χ0n) is 17.4. The average Bonchev–Trinajstić information content (AvgIpc) is 2.82. The maximum Gasteiger partial charge on any atom is 0.272 e. The lowest BCUT2D eigenvalue weighted by molar-refractivity contribution is -0.127. The molecule has 4 rings (SSSR count). The highest BCUT2D eigenvalue weighted by atomic mass is 19.1. The number of H-pyrrole nitrogens is 1. The van der Waals surface area contributed by atoms with Gasteiger partial charge in [-0.1, -0.05) is 18.2 Å². The average molecular weight is 436 g/mol. The number of nitrogens with zero attached hydrogens (tertiary/aromatic N) is 3. The van der Waals surface area contributed by atoms with Crippen LogP contribution in [-0.2, 0) is 4.79 Å². The number of carbonyl (C=O) groups excluding carboxylic acids is 2. The smallest absolute Gasteiger partial charge is 0.272 e. The van der Waals surface area contributed by atoms with E-state index in [0.29, 0.717) is 37.0 Å². The molecule has 3 aromatic rings. The van der Waals surface area contributed by atoms with E-state index < -0.39 is 11.7 Å². The lowest BCUT2D eigenvalue weighted by Gasteiger charge is -2.34. The highest BCUT2D eigenvalue weighted by Crippen LogP contribution is 2.27. The third-order valence-electron chi connectivity index (χ3n) is 5.23. The molecule has 1 fully saturated rings. The van der Waals surface area contributed by atoms with E-state index in [1.165, 1.54) is 23.1 Å². The molecule has 32 heavy (non-hydrogen) atoms. The number of piperazine rings is 1. The fraction of sp³-hybridized carbons (Fsp3) is 0.217. The summed E-state index contributed by atoms with van der Waals surface area (Å²) in [6, 6.07) is 10.7. The Morgan fingerprint density at radius 2 is 1.75 bits per heavy atom. The minimum Gasteiger partial charge on any atom is -0.437 e. The number of nitrogens with one attached hydrogen (secondary N) is 1. The molecule has 0 unspecified atom stereocenters. The SMILES string of the molecule is CC=CC(=O)N1CCN(C(=O)c2cc(Oc3n[nH]c(=O)c4ccccc34)ccc2F)CC1. The molecule has 2 heterocycles. The van der Waals surface area contributed by atoms with E-state index in [2.05, 4.69) is 10.2 Å². The third kappa shape index (κ3) is 4.22. The van der Waals surface area contributed by atoms with Crippen LogP contribution in [-0.4, -0.2) is 58.0 Å². The number of benzene rings is 2. The first-order valence-corrected chi connectivity index (χ1v) is 10.1. The van der Waals surface area contributed by atoms with E-state index in [1.54, 1.807) is 42.2 Å². The molecular weight excluding hydrogens is 415 g/mol. The van der Waals surface area contributed by atoms with Crippen molar-refractivity contribution in [2.24, 2.45) is 0 Å². The predicted octanol–water partition coefficient (Wildman–Crippen LogP) is 2.72. The van der Waals surface area contributed by atoms with Crippen LogP contribution >= 0.6 is 0 Å². The number of fused-ring (bicyclic) bond motifs is 1. The number of aromatic amines is 1. The molecule has 0 spiro atoms. The molecule has 1 saturated heterocycles. The van der Waals surface area contributed by atoms with Crippen LogP contribution in [0, 0.1) is 5.82 Å². The Morgan fingerprint density at radius 3 is 2.47 bits per heavy atom. The van der Waals surface area contributed by atoms with Crippen LogP contribution in [0.5, 0.6) is 11.6 Å². The summed E-state index contributed by atoms with van der Waals surface area (Å²) < 4.78 is 20.3. The molecule has 2 amide bonds. The van der Waals surface area contributed by atoms with Gasteiger partial charge in [-0.3, -0.25) is 14.4 Å². The van der Waals surface area contributed by atoms with Crippen molar-refractivity contribution in [3.05, 3.63) is 76.4 Å². The minimum atomic E-state index is -0.672. The number of amides is 2. The maximum atomic E-state index is 14.5. The van der Waals surface area contributed by atoms with Gasteiger partial charge in [0.05, 0.1) is 16.3 Å². The first kappa shape index (κ1) is 21.2. The summed E-state index contributed by atoms with van der Waals surface area (Å²) in [5.74, 6) is -0.913. The summed E-state index contributed by atoms with van der Waals surface area (Å²) in [6.45, 7) is 3.12. The fourth-order valence-electron chi connectivity index (χ4n) is 3.56. The minimum absolute atomic E-state index is 0.109. The van der Waals surface area contributed by atoms with E-state index in [9.17, 15) is 18.8 Å². The summed E-state index contributed by atoms with van der Waals surface area (Å²) in [6.07, 6.45) is 3.15. The van der Waals surface area contributed by atoms with Crippen molar-refractivity contribution in [3.8, 4) is 11.6 Å². The molecule has 9 heteroatoms. The molecule has 1 aliphatic rings. The third-order valence-corrected chi connectivity index (χ3v) is 5.23. The summed E-state index contributed by atoms with van der Waals surface area (Å²) in [5, 5.41) is 7.21. The Hall–Kier alpha value is -4.01. The van der Waals surface area contributed by atoms with E-state index in [0.717, 1.165) is 6.07 Å². The van der Waals surface area contributed by atoms with E-state index in [1.807, 2.05) is 0 Å². The zero-order chi connectivity index (χ0) is 22.7. The largest absolute Gasteiger partial charge is 0.437 e. The van der Waals surface area contributed by atoms with Crippen LogP contribution in [0.4, 0.5) is 4.39 Å². The Morgan fingerprint density at radius 1 is 1.06 bits per heavy atom. The summed E-state index contributed by atoms with van der Waals surface area (Å²) in [7, 11) is 0. The van der Waals surface area contributed by atoms with Crippen LogP contribution < -0.4 is 10.3 Å². The molecular formula is C23H21FN4O4. The molecule has 8 nitrogen and oxygen atoms in total. The number of hydrogen-bond acceptors (Lipinski definition) is 5. The lowest BCUT2D eigenvalue weighted by Crippen LogP contribution is -2.50. The van der Waals surface area contributed by atoms with Gasteiger partial charge < -0.3 is 14.5 Å². The molecule has 1 aromatic heterocycles. The highest BCUT2D eigenvalue weighted by Gasteiger charge is 2.26. The van der Waals surface area contributed by atoms with Gasteiger partial charge in [-0.15, -0.1) is 5.10 Å². The maximum absolute atomic E-state index is 14.5. The quantitative estimate of drug-likeness (QED) is 0.635. The number of ether oxygens (including phenoxy) is 1. The second kappa shape index (κ2) is 9.01. The second-order valence-corrected chi connectivity index (χ2v) is 7.26. The van der Waals surface area contributed by atoms with E-state index in [-0.39, 0.29) is 28.7 Å². The van der Waals surface area contributed by atoms with Gasteiger partial charge in [0.25, 0.3) is 11.5 Å². The van der Waals surface area contributed by atoms with Gasteiger partial charge in [-0.25, -0.2) is 9.49 Å². The van der Waals surface area contributed by atoms with Gasteiger partial charge in [0.2, 0.25) is 11.8 Å². The molecule has 0 atom stereocenters. The molecule has 0 saturated carbocycles. The molecule has 0 radical (unpaired) electrons. The van der Waals surface area contributed by atoms with Crippen molar-refractivity contribution < 1.29 is 18.7 Å². The van der Waals surface area contributed by atoms with Crippen molar-refractivity contribution in [1.29, 1.82) is 0 Å².